The molecule has 0 heterocycles. The molecule has 3 heteroatoms. The molecule has 0 radical (unpaired) electrons. The topological polar surface area (TPSA) is 52.3 Å². The fourth-order valence-electron chi connectivity index (χ4n) is 1.88. The van der Waals surface area contributed by atoms with E-state index in [0.29, 0.717) is 17.8 Å². The summed E-state index contributed by atoms with van der Waals surface area (Å²) in [6.45, 7) is 8.88. The first-order valence-corrected chi connectivity index (χ1v) is 5.59. The largest absolute Gasteiger partial charge is 0.468 e. The number of methoxy groups -OCH3 is 1. The van der Waals surface area contributed by atoms with Crippen molar-refractivity contribution in [2.45, 2.75) is 53.0 Å². The Labute approximate surface area is 93.4 Å². The van der Waals surface area contributed by atoms with Gasteiger partial charge in [0.15, 0.2) is 0 Å². The van der Waals surface area contributed by atoms with Crippen molar-refractivity contribution in [3.8, 4) is 0 Å². The van der Waals surface area contributed by atoms with Gasteiger partial charge in [-0.1, -0.05) is 27.7 Å². The van der Waals surface area contributed by atoms with E-state index in [4.69, 9.17) is 5.73 Å². The van der Waals surface area contributed by atoms with Gasteiger partial charge in [0.05, 0.1) is 7.11 Å². The van der Waals surface area contributed by atoms with E-state index in [-0.39, 0.29) is 5.97 Å². The molecule has 0 saturated heterocycles. The van der Waals surface area contributed by atoms with Crippen molar-refractivity contribution in [3.63, 3.8) is 0 Å². The van der Waals surface area contributed by atoms with Crippen LogP contribution in [0.5, 0.6) is 0 Å². The highest BCUT2D eigenvalue weighted by Crippen LogP contribution is 2.26. The molecule has 15 heavy (non-hydrogen) atoms. The van der Waals surface area contributed by atoms with Crippen LogP contribution in [0.1, 0.15) is 47.0 Å². The molecule has 2 atom stereocenters. The van der Waals surface area contributed by atoms with Crippen LogP contribution in [0.4, 0.5) is 0 Å². The lowest BCUT2D eigenvalue weighted by Crippen LogP contribution is -2.32. The van der Waals surface area contributed by atoms with Crippen molar-refractivity contribution >= 4 is 5.97 Å². The molecular weight excluding hydrogens is 190 g/mol. The van der Waals surface area contributed by atoms with Crippen LogP contribution < -0.4 is 5.73 Å². The van der Waals surface area contributed by atoms with Gasteiger partial charge in [0.1, 0.15) is 6.04 Å². The number of hydrogen-bond acceptors (Lipinski definition) is 3. The van der Waals surface area contributed by atoms with Gasteiger partial charge >= 0.3 is 5.97 Å². The third kappa shape index (κ3) is 7.37. The number of ether oxygens (including phenoxy) is 1. The average Bonchev–Trinajstić information content (AvgIpc) is 2.10. The van der Waals surface area contributed by atoms with E-state index in [0.717, 1.165) is 12.8 Å². The first kappa shape index (κ1) is 14.4. The zero-order valence-electron chi connectivity index (χ0n) is 10.7. The minimum atomic E-state index is -0.461. The molecule has 0 aromatic carbocycles. The molecule has 0 saturated carbocycles. The van der Waals surface area contributed by atoms with Gasteiger partial charge in [0, 0.05) is 0 Å². The number of rotatable bonds is 5. The minimum absolute atomic E-state index is 0.307. The van der Waals surface area contributed by atoms with E-state index >= 15 is 0 Å². The zero-order valence-corrected chi connectivity index (χ0v) is 10.7. The fourth-order valence-corrected chi connectivity index (χ4v) is 1.88. The molecule has 0 aliphatic rings. The quantitative estimate of drug-likeness (QED) is 0.716. The lowest BCUT2D eigenvalue weighted by molar-refractivity contribution is -0.142. The van der Waals surface area contributed by atoms with E-state index in [2.05, 4.69) is 32.4 Å². The molecule has 0 rings (SSSR count). The van der Waals surface area contributed by atoms with Crippen LogP contribution >= 0.6 is 0 Å². The van der Waals surface area contributed by atoms with Crippen molar-refractivity contribution < 1.29 is 9.53 Å². The van der Waals surface area contributed by atoms with Gasteiger partial charge in [-0.15, -0.1) is 0 Å². The van der Waals surface area contributed by atoms with Gasteiger partial charge in [-0.05, 0) is 30.6 Å². The number of esters is 1. The van der Waals surface area contributed by atoms with Gasteiger partial charge in [0.25, 0.3) is 0 Å². The maximum absolute atomic E-state index is 11.1. The predicted molar refractivity (Wildman–Crippen MR) is 62.5 cm³/mol. The second-order valence-electron chi connectivity index (χ2n) is 5.58. The monoisotopic (exact) mass is 215 g/mol. The third-order valence-electron chi connectivity index (χ3n) is 2.44. The molecule has 3 nitrogen and oxygen atoms in total. The van der Waals surface area contributed by atoms with Crippen LogP contribution in [-0.4, -0.2) is 19.1 Å². The van der Waals surface area contributed by atoms with Crippen LogP contribution in [-0.2, 0) is 9.53 Å². The Hall–Kier alpha value is -0.570. The van der Waals surface area contributed by atoms with Gasteiger partial charge < -0.3 is 10.5 Å². The highest BCUT2D eigenvalue weighted by atomic mass is 16.5. The summed E-state index contributed by atoms with van der Waals surface area (Å²) < 4.78 is 4.58. The van der Waals surface area contributed by atoms with E-state index in [1.54, 1.807) is 0 Å². The average molecular weight is 215 g/mol. The number of carbonyl (C=O) groups is 1. The van der Waals surface area contributed by atoms with Crippen molar-refractivity contribution in [2.24, 2.45) is 17.1 Å². The highest BCUT2D eigenvalue weighted by molar-refractivity contribution is 5.75. The number of hydrogen-bond donors (Lipinski definition) is 1. The normalized spacial score (nSPS) is 15.9. The molecule has 2 N–H and O–H groups in total. The molecule has 0 aliphatic carbocycles. The Kier molecular flexibility index (Phi) is 5.88. The van der Waals surface area contributed by atoms with E-state index in [1.807, 2.05) is 0 Å². The molecule has 0 aromatic heterocycles. The van der Waals surface area contributed by atoms with Crippen molar-refractivity contribution in [1.82, 2.24) is 0 Å². The van der Waals surface area contributed by atoms with E-state index in [1.165, 1.54) is 7.11 Å². The second kappa shape index (κ2) is 6.11. The summed E-state index contributed by atoms with van der Waals surface area (Å²) in [7, 11) is 1.38. The third-order valence-corrected chi connectivity index (χ3v) is 2.44. The Morgan fingerprint density at radius 3 is 2.27 bits per heavy atom. The summed E-state index contributed by atoms with van der Waals surface area (Å²) in [5, 5.41) is 0. The number of carbonyl (C=O) groups excluding carboxylic acids is 1. The predicted octanol–water partition coefficient (Wildman–Crippen LogP) is 2.34. The van der Waals surface area contributed by atoms with Gasteiger partial charge in [0.2, 0.25) is 0 Å². The SMILES string of the molecule is COC(=O)[C@H](N)CC[C@@H](C)CC(C)(C)C. The maximum Gasteiger partial charge on any atom is 0.322 e. The summed E-state index contributed by atoms with van der Waals surface area (Å²) in [6.07, 6.45) is 2.85. The van der Waals surface area contributed by atoms with Crippen molar-refractivity contribution in [1.29, 1.82) is 0 Å². The molecule has 0 aromatic rings. The standard InChI is InChI=1S/C12H25NO2/c1-9(8-12(2,3)4)6-7-10(13)11(14)15-5/h9-10H,6-8,13H2,1-5H3/t9-,10-/m1/s1. The summed E-state index contributed by atoms with van der Waals surface area (Å²) in [6, 6.07) is -0.461. The van der Waals surface area contributed by atoms with Crippen LogP contribution in [0.25, 0.3) is 0 Å². The Morgan fingerprint density at radius 2 is 1.87 bits per heavy atom. The summed E-state index contributed by atoms with van der Waals surface area (Å²) in [5.41, 5.74) is 6.01. The summed E-state index contributed by atoms with van der Waals surface area (Å²) in [4.78, 5) is 11.1. The molecule has 90 valence electrons. The maximum atomic E-state index is 11.1. The molecule has 0 aliphatic heterocycles. The molecule has 0 spiro atoms. The Balaban J connectivity index is 3.81. The van der Waals surface area contributed by atoms with Crippen molar-refractivity contribution in [3.05, 3.63) is 0 Å². The first-order chi connectivity index (χ1) is 6.76. The lowest BCUT2D eigenvalue weighted by Gasteiger charge is -2.23. The lowest BCUT2D eigenvalue weighted by atomic mass is 9.83. The van der Waals surface area contributed by atoms with Crippen LogP contribution in [0.2, 0.25) is 0 Å². The second-order valence-corrected chi connectivity index (χ2v) is 5.58. The Bertz CT molecular complexity index is 196. The van der Waals surface area contributed by atoms with E-state index < -0.39 is 6.04 Å². The highest BCUT2D eigenvalue weighted by Gasteiger charge is 2.18. The Morgan fingerprint density at radius 1 is 1.33 bits per heavy atom. The first-order valence-electron chi connectivity index (χ1n) is 5.59. The summed E-state index contributed by atoms with van der Waals surface area (Å²) >= 11 is 0. The molecular formula is C12H25NO2. The molecule has 0 fully saturated rings. The van der Waals surface area contributed by atoms with Crippen molar-refractivity contribution in [2.75, 3.05) is 7.11 Å². The van der Waals surface area contributed by atoms with Crippen LogP contribution in [0.3, 0.4) is 0 Å². The van der Waals surface area contributed by atoms with Crippen LogP contribution in [0.15, 0.2) is 0 Å². The number of nitrogens with two attached hydrogens (primary N) is 1. The summed E-state index contributed by atoms with van der Waals surface area (Å²) in [5.74, 6) is 0.290. The smallest absolute Gasteiger partial charge is 0.322 e. The fraction of sp³-hybridized carbons (Fsp3) is 0.917. The van der Waals surface area contributed by atoms with Gasteiger partial charge in [-0.2, -0.15) is 0 Å². The van der Waals surface area contributed by atoms with Gasteiger partial charge in [-0.25, -0.2) is 0 Å². The van der Waals surface area contributed by atoms with Gasteiger partial charge in [-0.3, -0.25) is 4.79 Å². The van der Waals surface area contributed by atoms with Crippen LogP contribution in [0, 0.1) is 11.3 Å². The minimum Gasteiger partial charge on any atom is -0.468 e. The molecule has 0 bridgehead atoms. The van der Waals surface area contributed by atoms with E-state index in [9.17, 15) is 4.79 Å². The molecule has 0 unspecified atom stereocenters. The molecule has 0 amide bonds. The zero-order chi connectivity index (χ0) is 12.1.